The largest absolute Gasteiger partial charge is 0.460 e. The van der Waals surface area contributed by atoms with E-state index in [4.69, 9.17) is 0 Å². The molecule has 0 aliphatic heterocycles. The molecule has 6 nitrogen and oxygen atoms in total. The quantitative estimate of drug-likeness (QED) is 0.0931. The Morgan fingerprint density at radius 1 is 0.449 bits per heavy atom. The summed E-state index contributed by atoms with van der Waals surface area (Å²) < 4.78 is 299. The molecule has 0 amide bonds. The Morgan fingerprint density at radius 2 is 0.735 bits per heavy atom. The average molecular weight is 790 g/mol. The van der Waals surface area contributed by atoms with Crippen LogP contribution in [0.15, 0.2) is 54.6 Å². The summed E-state index contributed by atoms with van der Waals surface area (Å²) in [6, 6.07) is 5.08. The third-order valence-corrected chi connectivity index (χ3v) is 8.34. The number of halogens is 18. The fourth-order valence-electron chi connectivity index (χ4n) is 3.09. The SMILES string of the molecule is Cc1ccc(/C(OS(=O)(=O)C(F)(F)C(F)(F)C(F)(F)C(F)(F)F)=C(\OS(=O)(=O)C(F)(F)C(F)(F)C(F)(F)C(F)(F)F)c2ccccc2)cc1. The van der Waals surface area contributed by atoms with Gasteiger partial charge in [0.15, 0.2) is 11.5 Å². The van der Waals surface area contributed by atoms with Crippen LogP contribution in [-0.2, 0) is 28.6 Å². The van der Waals surface area contributed by atoms with E-state index in [1.165, 1.54) is 6.92 Å². The van der Waals surface area contributed by atoms with Crippen molar-refractivity contribution in [1.82, 2.24) is 0 Å². The average Bonchev–Trinajstić information content (AvgIpc) is 2.94. The van der Waals surface area contributed by atoms with Crippen LogP contribution >= 0.6 is 0 Å². The molecule has 0 radical (unpaired) electrons. The van der Waals surface area contributed by atoms with Crippen LogP contribution in [0.2, 0.25) is 0 Å². The van der Waals surface area contributed by atoms with Crippen LogP contribution in [-0.4, -0.2) is 63.4 Å². The monoisotopic (exact) mass is 790 g/mol. The van der Waals surface area contributed by atoms with Crippen molar-refractivity contribution in [1.29, 1.82) is 0 Å². The van der Waals surface area contributed by atoms with Gasteiger partial charge in [0.2, 0.25) is 0 Å². The molecule has 0 unspecified atom stereocenters. The van der Waals surface area contributed by atoms with Crippen LogP contribution in [0.1, 0.15) is 16.7 Å². The van der Waals surface area contributed by atoms with E-state index in [0.29, 0.717) is 36.4 Å². The molecule has 278 valence electrons. The maximum atomic E-state index is 14.5. The lowest BCUT2D eigenvalue weighted by Crippen LogP contribution is -2.63. The summed E-state index contributed by atoms with van der Waals surface area (Å²) >= 11 is 0. The van der Waals surface area contributed by atoms with Crippen LogP contribution in [0.3, 0.4) is 0 Å². The van der Waals surface area contributed by atoms with Crippen LogP contribution in [0.25, 0.3) is 11.5 Å². The predicted molar refractivity (Wildman–Crippen MR) is 126 cm³/mol. The number of hydrogen-bond acceptors (Lipinski definition) is 6. The molecule has 0 spiro atoms. The van der Waals surface area contributed by atoms with E-state index < -0.39 is 89.4 Å². The first-order valence-corrected chi connectivity index (χ1v) is 14.5. The van der Waals surface area contributed by atoms with E-state index in [-0.39, 0.29) is 5.56 Å². The van der Waals surface area contributed by atoms with Crippen molar-refractivity contribution in [2.75, 3.05) is 0 Å². The van der Waals surface area contributed by atoms with Gasteiger partial charge in [-0.05, 0) is 6.92 Å². The molecule has 0 aromatic heterocycles. The van der Waals surface area contributed by atoms with E-state index in [1.54, 1.807) is 0 Å². The molecule has 0 saturated heterocycles. The Kier molecular flexibility index (Phi) is 10.5. The molecule has 0 fully saturated rings. The summed E-state index contributed by atoms with van der Waals surface area (Å²) in [7, 11) is -16.3. The molecule has 2 rings (SSSR count). The topological polar surface area (TPSA) is 86.7 Å². The molecular formula is C23H12F18O6S2. The van der Waals surface area contributed by atoms with Gasteiger partial charge in [0.05, 0.1) is 0 Å². The maximum absolute atomic E-state index is 14.5. The van der Waals surface area contributed by atoms with Crippen molar-refractivity contribution >= 4 is 31.8 Å². The second kappa shape index (κ2) is 12.3. The molecule has 0 aliphatic rings. The van der Waals surface area contributed by atoms with Crippen LogP contribution < -0.4 is 0 Å². The second-order valence-electron chi connectivity index (χ2n) is 9.29. The lowest BCUT2D eigenvalue weighted by molar-refractivity contribution is -0.382. The highest BCUT2D eigenvalue weighted by Crippen LogP contribution is 2.57. The first-order valence-electron chi connectivity index (χ1n) is 11.7. The van der Waals surface area contributed by atoms with E-state index in [9.17, 15) is 95.9 Å². The Hall–Kier alpha value is -3.58. The first kappa shape index (κ1) is 41.6. The minimum atomic E-state index is -8.13. The van der Waals surface area contributed by atoms with Gasteiger partial charge in [-0.25, -0.2) is 0 Å². The summed E-state index contributed by atoms with van der Waals surface area (Å²) in [6.45, 7) is 1.17. The molecular weight excluding hydrogens is 778 g/mol. The molecule has 2 aromatic rings. The smallest absolute Gasteiger partial charge is 0.373 e. The van der Waals surface area contributed by atoms with Gasteiger partial charge in [-0.1, -0.05) is 60.2 Å². The third-order valence-electron chi connectivity index (χ3n) is 5.80. The van der Waals surface area contributed by atoms with Gasteiger partial charge in [0.1, 0.15) is 0 Å². The number of benzene rings is 2. The zero-order valence-corrected chi connectivity index (χ0v) is 24.4. The lowest BCUT2D eigenvalue weighted by Gasteiger charge is -2.33. The fraction of sp³-hybridized carbons (Fsp3) is 0.391. The van der Waals surface area contributed by atoms with Crippen LogP contribution in [0.4, 0.5) is 79.0 Å². The highest BCUT2D eigenvalue weighted by atomic mass is 32.2. The molecule has 49 heavy (non-hydrogen) atoms. The van der Waals surface area contributed by atoms with Gasteiger partial charge < -0.3 is 8.37 Å². The number of aryl methyl sites for hydroxylation is 1. The number of alkyl halides is 18. The van der Waals surface area contributed by atoms with Crippen molar-refractivity contribution in [2.24, 2.45) is 0 Å². The zero-order chi connectivity index (χ0) is 38.7. The predicted octanol–water partition coefficient (Wildman–Crippen LogP) is 8.37. The lowest BCUT2D eigenvalue weighted by atomic mass is 10.1. The van der Waals surface area contributed by atoms with Crippen molar-refractivity contribution in [3.8, 4) is 0 Å². The van der Waals surface area contributed by atoms with Gasteiger partial charge in [-0.2, -0.15) is 95.9 Å². The summed E-state index contributed by atoms with van der Waals surface area (Å²) in [6.07, 6.45) is -15.2. The Bertz CT molecular complexity index is 1760. The van der Waals surface area contributed by atoms with E-state index in [2.05, 4.69) is 8.37 Å². The Labute approximate surface area is 261 Å². The minimum Gasteiger partial charge on any atom is -0.373 e. The molecule has 0 saturated carbocycles. The van der Waals surface area contributed by atoms with E-state index in [0.717, 1.165) is 18.2 Å². The molecule has 0 bridgehead atoms. The van der Waals surface area contributed by atoms with Gasteiger partial charge >= 0.3 is 66.8 Å². The Balaban J connectivity index is 3.04. The van der Waals surface area contributed by atoms with Gasteiger partial charge in [0.25, 0.3) is 0 Å². The van der Waals surface area contributed by atoms with Gasteiger partial charge in [-0.15, -0.1) is 0 Å². The minimum absolute atomic E-state index is 0.0444. The highest BCUT2D eigenvalue weighted by molar-refractivity contribution is 7.88. The van der Waals surface area contributed by atoms with Gasteiger partial charge in [0, 0.05) is 11.1 Å². The molecule has 0 heterocycles. The van der Waals surface area contributed by atoms with Crippen LogP contribution in [0.5, 0.6) is 0 Å². The van der Waals surface area contributed by atoms with Crippen LogP contribution in [0, 0.1) is 6.92 Å². The standard InChI is InChI=1S/C23H12F18O6S2/c1-11-7-9-13(10-8-11)15(47-49(44,45)23(40,41)19(30,31)17(26,27)21(35,36)37)14(12-5-3-2-4-6-12)46-48(42,43)22(38,39)18(28,29)16(24,25)20(32,33)34/h2-10H,1H3/b15-14+. The van der Waals surface area contributed by atoms with E-state index >= 15 is 0 Å². The highest BCUT2D eigenvalue weighted by Gasteiger charge is 2.87. The first-order chi connectivity index (χ1) is 21.6. The van der Waals surface area contributed by atoms with Gasteiger partial charge in [-0.3, -0.25) is 0 Å². The maximum Gasteiger partial charge on any atom is 0.460 e. The van der Waals surface area contributed by atoms with E-state index in [1.807, 2.05) is 0 Å². The second-order valence-corrected chi connectivity index (χ2v) is 12.5. The Morgan fingerprint density at radius 3 is 1.02 bits per heavy atom. The molecule has 26 heteroatoms. The molecule has 0 aliphatic carbocycles. The summed E-state index contributed by atoms with van der Waals surface area (Å²) in [4.78, 5) is 0. The molecule has 0 atom stereocenters. The fourth-order valence-corrected chi connectivity index (χ4v) is 4.96. The number of rotatable bonds is 12. The van der Waals surface area contributed by atoms with Crippen molar-refractivity contribution in [3.63, 3.8) is 0 Å². The number of hydrogen-bond donors (Lipinski definition) is 0. The molecule has 2 aromatic carbocycles. The molecule has 0 N–H and O–H groups in total. The third kappa shape index (κ3) is 6.80. The summed E-state index contributed by atoms with van der Waals surface area (Å²) in [5.74, 6) is -36.9. The zero-order valence-electron chi connectivity index (χ0n) is 22.8. The summed E-state index contributed by atoms with van der Waals surface area (Å²) in [5.41, 5.74) is -2.71. The van der Waals surface area contributed by atoms with Crippen molar-refractivity contribution in [2.45, 2.75) is 53.5 Å². The van der Waals surface area contributed by atoms with Crippen molar-refractivity contribution < 1.29 is 104 Å². The van der Waals surface area contributed by atoms with Crippen molar-refractivity contribution in [3.05, 3.63) is 71.3 Å². The normalized spacial score (nSPS) is 15.5. The summed E-state index contributed by atoms with van der Waals surface area (Å²) in [5, 5.41) is -15.5.